The molecule has 3 unspecified atom stereocenters. The van der Waals surface area contributed by atoms with Gasteiger partial charge in [-0.2, -0.15) is 5.10 Å². The highest BCUT2D eigenvalue weighted by Crippen LogP contribution is 2.32. The van der Waals surface area contributed by atoms with E-state index in [1.165, 1.54) is 0 Å². The van der Waals surface area contributed by atoms with E-state index in [0.29, 0.717) is 17.9 Å². The topological polar surface area (TPSA) is 104 Å². The zero-order valence-corrected chi connectivity index (χ0v) is 12.3. The number of aryl methyl sites for hydroxylation is 1. The summed E-state index contributed by atoms with van der Waals surface area (Å²) in [4.78, 5) is 8.79. The Balaban J connectivity index is 1.98. The minimum absolute atomic E-state index is 0.209. The zero-order chi connectivity index (χ0) is 13.6. The van der Waals surface area contributed by atoms with Gasteiger partial charge in [-0.1, -0.05) is 0 Å². The standard InChI is InChI=1S/C11H13IN4O3/c1-4-8-9(12)15-16-11(8)14-10(13-4)6-2-5(18)7(3-17)19-6/h5-7,17-18H,2-3H2,1H3,(H,13,14,15,16). The summed E-state index contributed by atoms with van der Waals surface area (Å²) in [6.45, 7) is 1.68. The molecule has 2 aromatic rings. The molecule has 3 atom stereocenters. The van der Waals surface area contributed by atoms with Crippen LogP contribution < -0.4 is 0 Å². The van der Waals surface area contributed by atoms with Crippen LogP contribution >= 0.6 is 22.6 Å². The largest absolute Gasteiger partial charge is 0.394 e. The molecule has 3 heterocycles. The Labute approximate surface area is 122 Å². The molecule has 0 amide bonds. The minimum Gasteiger partial charge on any atom is -0.394 e. The van der Waals surface area contributed by atoms with E-state index in [4.69, 9.17) is 9.84 Å². The smallest absolute Gasteiger partial charge is 0.185 e. The average molecular weight is 376 g/mol. The van der Waals surface area contributed by atoms with Crippen molar-refractivity contribution in [2.24, 2.45) is 0 Å². The highest BCUT2D eigenvalue weighted by molar-refractivity contribution is 14.1. The Morgan fingerprint density at radius 3 is 2.95 bits per heavy atom. The third kappa shape index (κ3) is 2.22. The number of rotatable bonds is 2. The van der Waals surface area contributed by atoms with Crippen LogP contribution in [0.2, 0.25) is 0 Å². The van der Waals surface area contributed by atoms with Crippen molar-refractivity contribution in [3.05, 3.63) is 15.2 Å². The normalized spacial score (nSPS) is 27.3. The minimum atomic E-state index is -0.686. The highest BCUT2D eigenvalue weighted by Gasteiger charge is 2.36. The van der Waals surface area contributed by atoms with Gasteiger partial charge in [0.2, 0.25) is 0 Å². The van der Waals surface area contributed by atoms with Crippen molar-refractivity contribution in [2.75, 3.05) is 6.61 Å². The number of ether oxygens (including phenoxy) is 1. The van der Waals surface area contributed by atoms with Gasteiger partial charge in [-0.05, 0) is 29.5 Å². The molecule has 1 saturated heterocycles. The van der Waals surface area contributed by atoms with Gasteiger partial charge in [0.05, 0.1) is 23.8 Å². The second-order valence-corrected chi connectivity index (χ2v) is 5.63. The van der Waals surface area contributed by atoms with Crippen LogP contribution in [0, 0.1) is 10.6 Å². The van der Waals surface area contributed by atoms with Crippen molar-refractivity contribution in [2.45, 2.75) is 31.7 Å². The third-order valence-electron chi connectivity index (χ3n) is 3.26. The van der Waals surface area contributed by atoms with Gasteiger partial charge >= 0.3 is 0 Å². The van der Waals surface area contributed by atoms with Crippen LogP contribution in [0.25, 0.3) is 11.0 Å². The molecule has 1 aliphatic heterocycles. The first-order chi connectivity index (χ1) is 9.10. The van der Waals surface area contributed by atoms with E-state index in [-0.39, 0.29) is 6.61 Å². The number of hydrogen-bond acceptors (Lipinski definition) is 6. The van der Waals surface area contributed by atoms with Gasteiger partial charge in [0.15, 0.2) is 11.5 Å². The summed E-state index contributed by atoms with van der Waals surface area (Å²) in [7, 11) is 0. The van der Waals surface area contributed by atoms with Crippen molar-refractivity contribution < 1.29 is 14.9 Å². The number of fused-ring (bicyclic) bond motifs is 1. The van der Waals surface area contributed by atoms with Crippen LogP contribution in [0.4, 0.5) is 0 Å². The summed E-state index contributed by atoms with van der Waals surface area (Å²) in [6, 6.07) is 0. The number of aromatic nitrogens is 4. The lowest BCUT2D eigenvalue weighted by molar-refractivity contribution is -0.0246. The van der Waals surface area contributed by atoms with Crippen molar-refractivity contribution in [3.63, 3.8) is 0 Å². The second-order valence-electron chi connectivity index (χ2n) is 4.55. The predicted molar refractivity (Wildman–Crippen MR) is 74.5 cm³/mol. The summed E-state index contributed by atoms with van der Waals surface area (Å²) >= 11 is 2.15. The molecule has 102 valence electrons. The molecule has 0 aliphatic carbocycles. The number of halogens is 1. The molecular weight excluding hydrogens is 363 g/mol. The Bertz CT molecular complexity index is 617. The lowest BCUT2D eigenvalue weighted by Crippen LogP contribution is -2.24. The zero-order valence-electron chi connectivity index (χ0n) is 10.2. The molecule has 8 heteroatoms. The van der Waals surface area contributed by atoms with Gasteiger partial charge in [0, 0.05) is 6.42 Å². The first-order valence-electron chi connectivity index (χ1n) is 5.92. The predicted octanol–water partition coefficient (Wildman–Crippen LogP) is 0.449. The molecule has 1 fully saturated rings. The van der Waals surface area contributed by atoms with Gasteiger partial charge in [0.25, 0.3) is 0 Å². The number of nitrogens with one attached hydrogen (secondary N) is 1. The van der Waals surface area contributed by atoms with E-state index in [2.05, 4.69) is 42.8 Å². The van der Waals surface area contributed by atoms with Crippen LogP contribution in [0.1, 0.15) is 24.0 Å². The molecule has 0 radical (unpaired) electrons. The van der Waals surface area contributed by atoms with Crippen LogP contribution in [-0.2, 0) is 4.74 Å². The number of H-pyrrole nitrogens is 1. The third-order valence-corrected chi connectivity index (χ3v) is 4.04. The molecule has 19 heavy (non-hydrogen) atoms. The maximum absolute atomic E-state index is 9.74. The second kappa shape index (κ2) is 4.93. The Hall–Kier alpha value is -0.840. The Morgan fingerprint density at radius 1 is 1.47 bits per heavy atom. The molecule has 0 spiro atoms. The van der Waals surface area contributed by atoms with Gasteiger partial charge in [-0.15, -0.1) is 0 Å². The lowest BCUT2D eigenvalue weighted by Gasteiger charge is -2.11. The van der Waals surface area contributed by atoms with Crippen molar-refractivity contribution >= 4 is 33.6 Å². The van der Waals surface area contributed by atoms with Crippen molar-refractivity contribution in [1.82, 2.24) is 20.2 Å². The van der Waals surface area contributed by atoms with E-state index in [1.807, 2.05) is 6.92 Å². The average Bonchev–Trinajstić information content (AvgIpc) is 2.93. The Morgan fingerprint density at radius 2 is 2.26 bits per heavy atom. The summed E-state index contributed by atoms with van der Waals surface area (Å²) in [6.07, 6.45) is -1.26. The van der Waals surface area contributed by atoms with Gasteiger partial charge < -0.3 is 14.9 Å². The molecule has 3 N–H and O–H groups in total. The van der Waals surface area contributed by atoms with E-state index < -0.39 is 18.3 Å². The summed E-state index contributed by atoms with van der Waals surface area (Å²) in [5.74, 6) is 0.503. The van der Waals surface area contributed by atoms with Crippen LogP contribution in [-0.4, -0.2) is 49.2 Å². The van der Waals surface area contributed by atoms with E-state index in [1.54, 1.807) is 0 Å². The summed E-state index contributed by atoms with van der Waals surface area (Å²) in [5.41, 5.74) is 1.42. The summed E-state index contributed by atoms with van der Waals surface area (Å²) in [5, 5.41) is 26.7. The number of hydrogen-bond donors (Lipinski definition) is 3. The molecule has 1 aliphatic rings. The number of nitrogens with zero attached hydrogens (tertiary/aromatic N) is 3. The number of aliphatic hydroxyl groups is 2. The number of aromatic amines is 1. The van der Waals surface area contributed by atoms with Gasteiger partial charge in [0.1, 0.15) is 15.9 Å². The van der Waals surface area contributed by atoms with E-state index in [9.17, 15) is 5.11 Å². The fraction of sp³-hybridized carbons (Fsp3) is 0.545. The Kier molecular flexibility index (Phi) is 3.41. The molecule has 0 aromatic carbocycles. The first kappa shape index (κ1) is 13.2. The maximum atomic E-state index is 9.74. The molecular formula is C11H13IN4O3. The fourth-order valence-corrected chi connectivity index (χ4v) is 3.03. The monoisotopic (exact) mass is 376 g/mol. The van der Waals surface area contributed by atoms with E-state index in [0.717, 1.165) is 14.8 Å². The van der Waals surface area contributed by atoms with Crippen LogP contribution in [0.15, 0.2) is 0 Å². The van der Waals surface area contributed by atoms with E-state index >= 15 is 0 Å². The van der Waals surface area contributed by atoms with Gasteiger partial charge in [-0.3, -0.25) is 5.10 Å². The molecule has 2 aromatic heterocycles. The molecule has 0 bridgehead atoms. The fourth-order valence-electron chi connectivity index (χ4n) is 2.28. The quantitative estimate of drug-likeness (QED) is 0.658. The van der Waals surface area contributed by atoms with Crippen molar-refractivity contribution in [1.29, 1.82) is 0 Å². The lowest BCUT2D eigenvalue weighted by atomic mass is 10.1. The van der Waals surface area contributed by atoms with Crippen LogP contribution in [0.5, 0.6) is 0 Å². The van der Waals surface area contributed by atoms with Crippen molar-refractivity contribution in [3.8, 4) is 0 Å². The highest BCUT2D eigenvalue weighted by atomic mass is 127. The van der Waals surface area contributed by atoms with Gasteiger partial charge in [-0.25, -0.2) is 9.97 Å². The first-order valence-corrected chi connectivity index (χ1v) is 7.00. The van der Waals surface area contributed by atoms with Crippen LogP contribution in [0.3, 0.4) is 0 Å². The molecule has 0 saturated carbocycles. The SMILES string of the molecule is Cc1nc(C2CC(O)C(CO)O2)nc2n[nH]c(I)c12. The molecule has 3 rings (SSSR count). The summed E-state index contributed by atoms with van der Waals surface area (Å²) < 4.78 is 6.45. The maximum Gasteiger partial charge on any atom is 0.185 e. The number of aliphatic hydroxyl groups excluding tert-OH is 2. The molecule has 7 nitrogen and oxygen atoms in total.